The molecule has 0 saturated heterocycles. The maximum Gasteiger partial charge on any atom is 0.522 e. The summed E-state index contributed by atoms with van der Waals surface area (Å²) in [6.07, 6.45) is 0. The van der Waals surface area contributed by atoms with Crippen LogP contribution in [0.4, 0.5) is 13.2 Å². The minimum absolute atomic E-state index is 0.644. The molecule has 0 unspecified atom stereocenters. The van der Waals surface area contributed by atoms with Gasteiger partial charge in [0.1, 0.15) is 0 Å². The van der Waals surface area contributed by atoms with Crippen molar-refractivity contribution in [3.63, 3.8) is 0 Å². The second kappa shape index (κ2) is 6.53. The van der Waals surface area contributed by atoms with E-state index >= 15 is 0 Å². The summed E-state index contributed by atoms with van der Waals surface area (Å²) < 4.78 is 62.4. The van der Waals surface area contributed by atoms with Crippen molar-refractivity contribution in [2.75, 3.05) is 28.3 Å². The molecule has 0 atom stereocenters. The lowest BCUT2D eigenvalue weighted by molar-refractivity contribution is -0.0510. The highest BCUT2D eigenvalue weighted by Gasteiger charge is 2.44. The molecule has 0 rings (SSSR count). The summed E-state index contributed by atoms with van der Waals surface area (Å²) in [4.78, 5) is 5.63. The highest BCUT2D eigenvalue weighted by molar-refractivity contribution is 7.86. The van der Waals surface area contributed by atoms with Crippen LogP contribution in [0.3, 0.4) is 0 Å². The minimum atomic E-state index is -5.84. The van der Waals surface area contributed by atoms with Gasteiger partial charge >= 0.3 is 15.6 Å². The van der Waals surface area contributed by atoms with E-state index < -0.39 is 15.6 Å². The SMILES string of the molecule is CN=C(OC)N(C)C.O=S(=O)(O)C(F)(F)F. The van der Waals surface area contributed by atoms with Crippen LogP contribution in [0.5, 0.6) is 0 Å². The molecular formula is C6H13F3N2O4S. The number of hydrogen-bond donors (Lipinski definition) is 1. The topological polar surface area (TPSA) is 79.2 Å². The molecule has 0 bridgehead atoms. The largest absolute Gasteiger partial charge is 0.522 e. The van der Waals surface area contributed by atoms with Crippen molar-refractivity contribution in [1.82, 2.24) is 4.90 Å². The Morgan fingerprint density at radius 2 is 1.69 bits per heavy atom. The molecule has 6 nitrogen and oxygen atoms in total. The predicted molar refractivity (Wildman–Crippen MR) is 51.7 cm³/mol. The van der Waals surface area contributed by atoms with E-state index in [1.165, 1.54) is 0 Å². The van der Waals surface area contributed by atoms with Crippen molar-refractivity contribution in [1.29, 1.82) is 0 Å². The van der Waals surface area contributed by atoms with Crippen LogP contribution < -0.4 is 0 Å². The fourth-order valence-corrected chi connectivity index (χ4v) is 0.474. The van der Waals surface area contributed by atoms with Crippen molar-refractivity contribution in [2.24, 2.45) is 4.99 Å². The number of rotatable bonds is 0. The maximum absolute atomic E-state index is 10.7. The van der Waals surface area contributed by atoms with E-state index in [1.54, 1.807) is 19.1 Å². The van der Waals surface area contributed by atoms with E-state index in [4.69, 9.17) is 17.7 Å². The van der Waals surface area contributed by atoms with Gasteiger partial charge in [-0.1, -0.05) is 0 Å². The number of aliphatic imine (C=N–C) groups is 1. The number of methoxy groups -OCH3 is 1. The molecule has 10 heteroatoms. The first-order valence-electron chi connectivity index (χ1n) is 3.69. The molecule has 0 aliphatic rings. The summed E-state index contributed by atoms with van der Waals surface area (Å²) in [5, 5.41) is 0. The fourth-order valence-electron chi connectivity index (χ4n) is 0.474. The summed E-state index contributed by atoms with van der Waals surface area (Å²) in [6.45, 7) is 0. The lowest BCUT2D eigenvalue weighted by atomic mass is 10.9. The van der Waals surface area contributed by atoms with Crippen LogP contribution in [0.25, 0.3) is 0 Å². The Hall–Kier alpha value is -1.03. The number of amidine groups is 1. The lowest BCUT2D eigenvalue weighted by Gasteiger charge is -2.11. The first-order chi connectivity index (χ1) is 6.97. The molecule has 98 valence electrons. The first-order valence-corrected chi connectivity index (χ1v) is 5.13. The van der Waals surface area contributed by atoms with Gasteiger partial charge in [0.05, 0.1) is 7.11 Å². The zero-order valence-corrected chi connectivity index (χ0v) is 9.93. The molecule has 0 fully saturated rings. The van der Waals surface area contributed by atoms with Crippen molar-refractivity contribution in [2.45, 2.75) is 5.51 Å². The third-order valence-electron chi connectivity index (χ3n) is 1.05. The fraction of sp³-hybridized carbons (Fsp3) is 0.833. The quantitative estimate of drug-likeness (QED) is 0.300. The highest BCUT2D eigenvalue weighted by atomic mass is 32.2. The molecule has 0 aromatic heterocycles. The summed E-state index contributed by atoms with van der Waals surface area (Å²) in [7, 11) is 1.21. The van der Waals surface area contributed by atoms with Gasteiger partial charge in [0.25, 0.3) is 6.02 Å². The van der Waals surface area contributed by atoms with Crippen LogP contribution in [0.2, 0.25) is 0 Å². The van der Waals surface area contributed by atoms with Gasteiger partial charge in [-0.2, -0.15) is 21.6 Å². The average molecular weight is 266 g/mol. The highest BCUT2D eigenvalue weighted by Crippen LogP contribution is 2.20. The molecule has 0 aromatic rings. The Morgan fingerprint density at radius 1 is 1.38 bits per heavy atom. The van der Waals surface area contributed by atoms with Crippen molar-refractivity contribution < 1.29 is 30.9 Å². The number of nitrogens with zero attached hydrogens (tertiary/aromatic N) is 2. The molecule has 0 aliphatic carbocycles. The van der Waals surface area contributed by atoms with Gasteiger partial charge < -0.3 is 9.64 Å². The second-order valence-electron chi connectivity index (χ2n) is 2.53. The number of alkyl halides is 3. The van der Waals surface area contributed by atoms with Gasteiger partial charge in [-0.3, -0.25) is 4.55 Å². The molecule has 1 N–H and O–H groups in total. The molecule has 0 aliphatic heterocycles. The number of ether oxygens (including phenoxy) is 1. The van der Waals surface area contributed by atoms with Crippen LogP contribution >= 0.6 is 0 Å². The maximum atomic E-state index is 10.7. The average Bonchev–Trinajstić information content (AvgIpc) is 2.02. The predicted octanol–water partition coefficient (Wildman–Crippen LogP) is 0.574. The van der Waals surface area contributed by atoms with E-state index in [9.17, 15) is 13.2 Å². The smallest absolute Gasteiger partial charge is 0.469 e. The Bertz CT molecular complexity index is 323. The van der Waals surface area contributed by atoms with Gasteiger partial charge in [0.15, 0.2) is 0 Å². The Balaban J connectivity index is 0. The summed E-state index contributed by atoms with van der Waals surface area (Å²) >= 11 is 0. The van der Waals surface area contributed by atoms with Gasteiger partial charge in [-0.25, -0.2) is 4.99 Å². The summed E-state index contributed by atoms with van der Waals surface area (Å²) in [5.41, 5.74) is -5.53. The zero-order chi connectivity index (χ0) is 13.6. The second-order valence-corrected chi connectivity index (χ2v) is 3.94. The third kappa shape index (κ3) is 7.29. The van der Waals surface area contributed by atoms with Crippen LogP contribution in [0.15, 0.2) is 4.99 Å². The Morgan fingerprint density at radius 3 is 1.69 bits per heavy atom. The van der Waals surface area contributed by atoms with E-state index in [2.05, 4.69) is 4.99 Å². The number of halogens is 3. The van der Waals surface area contributed by atoms with Crippen molar-refractivity contribution in [3.05, 3.63) is 0 Å². The van der Waals surface area contributed by atoms with Crippen LogP contribution in [0, 0.1) is 0 Å². The third-order valence-corrected chi connectivity index (χ3v) is 1.63. The number of hydrogen-bond acceptors (Lipinski definition) is 4. The van der Waals surface area contributed by atoms with Gasteiger partial charge in [-0.15, -0.1) is 0 Å². The standard InChI is InChI=1S/C5H12N2O.CHF3O3S/c1-6-5(8-4)7(2)3;2-1(3,4)8(5,6)7/h1-4H3;(H,5,6,7). The zero-order valence-electron chi connectivity index (χ0n) is 9.11. The van der Waals surface area contributed by atoms with E-state index in [0.717, 1.165) is 0 Å². The molecule has 0 amide bonds. The van der Waals surface area contributed by atoms with E-state index in [0.29, 0.717) is 6.02 Å². The summed E-state index contributed by atoms with van der Waals surface area (Å²) in [5.74, 6) is 0. The van der Waals surface area contributed by atoms with Gasteiger partial charge in [-0.05, 0) is 0 Å². The molecular weight excluding hydrogens is 253 g/mol. The Labute approximate surface area is 91.5 Å². The molecule has 16 heavy (non-hydrogen) atoms. The van der Waals surface area contributed by atoms with Crippen LogP contribution in [0.1, 0.15) is 0 Å². The molecule has 0 radical (unpaired) electrons. The van der Waals surface area contributed by atoms with Gasteiger partial charge in [0.2, 0.25) is 0 Å². The van der Waals surface area contributed by atoms with Crippen LogP contribution in [-0.4, -0.2) is 57.7 Å². The molecule has 0 aromatic carbocycles. The van der Waals surface area contributed by atoms with Crippen LogP contribution in [-0.2, 0) is 14.9 Å². The van der Waals surface area contributed by atoms with Gasteiger partial charge in [0, 0.05) is 21.1 Å². The monoisotopic (exact) mass is 266 g/mol. The minimum Gasteiger partial charge on any atom is -0.469 e. The normalized spacial score (nSPS) is 12.6. The van der Waals surface area contributed by atoms with Crippen molar-refractivity contribution >= 4 is 16.1 Å². The lowest BCUT2D eigenvalue weighted by Crippen LogP contribution is -2.23. The molecule has 0 saturated carbocycles. The van der Waals surface area contributed by atoms with Crippen molar-refractivity contribution in [3.8, 4) is 0 Å². The Kier molecular flexibility index (Phi) is 7.09. The van der Waals surface area contributed by atoms with E-state index in [-0.39, 0.29) is 0 Å². The molecule has 0 spiro atoms. The summed E-state index contributed by atoms with van der Waals surface area (Å²) in [6, 6.07) is 0.644. The first kappa shape index (κ1) is 17.4. The van der Waals surface area contributed by atoms with E-state index in [1.807, 2.05) is 14.1 Å². The molecule has 0 heterocycles.